The minimum Gasteiger partial charge on any atom is -0.258 e. The number of hydrogen-bond acceptors (Lipinski definition) is 4. The molecule has 2 rings (SSSR count). The van der Waals surface area contributed by atoms with Gasteiger partial charge in [0.1, 0.15) is 0 Å². The van der Waals surface area contributed by atoms with Crippen molar-refractivity contribution in [3.63, 3.8) is 0 Å². The number of nitrogens with zero attached hydrogens (tertiary/aromatic N) is 1. The Balaban J connectivity index is 2.84. The molecule has 2 aromatic carbocycles. The molecule has 0 heterocycles. The molecule has 94 valence electrons. The van der Waals surface area contributed by atoms with Crippen LogP contribution in [-0.2, 0) is 9.05 Å². The lowest BCUT2D eigenvalue weighted by molar-refractivity contribution is -0.383. The average Bonchev–Trinajstić information content (AvgIpc) is 2.26. The van der Waals surface area contributed by atoms with E-state index in [4.69, 9.17) is 10.7 Å². The lowest BCUT2D eigenvalue weighted by atomic mass is 10.1. The van der Waals surface area contributed by atoms with Crippen molar-refractivity contribution in [2.24, 2.45) is 0 Å². The van der Waals surface area contributed by atoms with Crippen LogP contribution in [0.25, 0.3) is 10.8 Å². The van der Waals surface area contributed by atoms with Crippen LogP contribution >= 0.6 is 10.7 Å². The second kappa shape index (κ2) is 4.22. The summed E-state index contributed by atoms with van der Waals surface area (Å²) >= 11 is 0. The van der Waals surface area contributed by atoms with E-state index in [2.05, 4.69) is 0 Å². The number of hydrogen-bond donors (Lipinski definition) is 0. The van der Waals surface area contributed by atoms with Gasteiger partial charge in [0.2, 0.25) is 0 Å². The van der Waals surface area contributed by atoms with Crippen LogP contribution in [0.3, 0.4) is 0 Å². The van der Waals surface area contributed by atoms with Crippen molar-refractivity contribution in [3.05, 3.63) is 46.0 Å². The zero-order chi connectivity index (χ0) is 13.5. The predicted molar refractivity (Wildman–Crippen MR) is 68.4 cm³/mol. The topological polar surface area (TPSA) is 77.3 Å². The molecule has 0 aliphatic carbocycles. The number of rotatable bonds is 2. The summed E-state index contributed by atoms with van der Waals surface area (Å²) in [6.07, 6.45) is 0. The summed E-state index contributed by atoms with van der Waals surface area (Å²) in [5.74, 6) is 0. The first kappa shape index (κ1) is 12.8. The molecule has 0 radical (unpaired) electrons. The lowest BCUT2D eigenvalue weighted by Crippen LogP contribution is -1.95. The van der Waals surface area contributed by atoms with Crippen LogP contribution in [0, 0.1) is 17.0 Å². The van der Waals surface area contributed by atoms with Crippen molar-refractivity contribution in [2.75, 3.05) is 0 Å². The zero-order valence-corrected chi connectivity index (χ0v) is 10.8. The maximum Gasteiger partial charge on any atom is 0.280 e. The van der Waals surface area contributed by atoms with Gasteiger partial charge in [0.05, 0.1) is 15.2 Å². The smallest absolute Gasteiger partial charge is 0.258 e. The third kappa shape index (κ3) is 2.16. The summed E-state index contributed by atoms with van der Waals surface area (Å²) in [4.78, 5) is 10.4. The normalized spacial score (nSPS) is 11.7. The van der Waals surface area contributed by atoms with Crippen molar-refractivity contribution >= 4 is 36.2 Å². The van der Waals surface area contributed by atoms with Gasteiger partial charge in [-0.1, -0.05) is 12.1 Å². The number of halogens is 1. The molecular formula is C11H8ClNO4S. The molecular weight excluding hydrogens is 278 g/mol. The molecule has 0 saturated carbocycles. The highest BCUT2D eigenvalue weighted by Gasteiger charge is 2.17. The van der Waals surface area contributed by atoms with Gasteiger partial charge in [-0.2, -0.15) is 0 Å². The maximum atomic E-state index is 11.2. The highest BCUT2D eigenvalue weighted by molar-refractivity contribution is 8.13. The molecule has 5 nitrogen and oxygen atoms in total. The molecule has 0 aliphatic heterocycles. The van der Waals surface area contributed by atoms with Crippen molar-refractivity contribution < 1.29 is 13.3 Å². The molecule has 0 saturated heterocycles. The monoisotopic (exact) mass is 285 g/mol. The molecule has 0 spiro atoms. The van der Waals surface area contributed by atoms with Gasteiger partial charge in [-0.05, 0) is 30.5 Å². The van der Waals surface area contributed by atoms with Gasteiger partial charge in [0.15, 0.2) is 0 Å². The van der Waals surface area contributed by atoms with Crippen LogP contribution in [-0.4, -0.2) is 13.3 Å². The molecule has 0 bridgehead atoms. The standard InChI is InChI=1S/C11H8ClNO4S/c1-7-2-3-8-6-9(18(12,16)17)4-5-10(8)11(7)13(14)15/h2-6H,1H3. The highest BCUT2D eigenvalue weighted by atomic mass is 35.7. The van der Waals surface area contributed by atoms with Crippen molar-refractivity contribution in [1.29, 1.82) is 0 Å². The van der Waals surface area contributed by atoms with Crippen LogP contribution in [0.2, 0.25) is 0 Å². The Hall–Kier alpha value is -1.66. The van der Waals surface area contributed by atoms with Crippen LogP contribution in [0.5, 0.6) is 0 Å². The van der Waals surface area contributed by atoms with Gasteiger partial charge >= 0.3 is 0 Å². The molecule has 0 aliphatic rings. The molecule has 0 aromatic heterocycles. The first-order valence-corrected chi connectivity index (χ1v) is 7.24. The van der Waals surface area contributed by atoms with E-state index in [1.165, 1.54) is 18.2 Å². The molecule has 0 atom stereocenters. The van der Waals surface area contributed by atoms with E-state index in [0.717, 1.165) is 0 Å². The fraction of sp³-hybridized carbons (Fsp3) is 0.0909. The first-order valence-electron chi connectivity index (χ1n) is 4.93. The maximum absolute atomic E-state index is 11.2. The Morgan fingerprint density at radius 2 is 1.89 bits per heavy atom. The van der Waals surface area contributed by atoms with Crippen LogP contribution < -0.4 is 0 Å². The van der Waals surface area contributed by atoms with E-state index in [1.54, 1.807) is 19.1 Å². The van der Waals surface area contributed by atoms with Gasteiger partial charge in [0.25, 0.3) is 14.7 Å². The lowest BCUT2D eigenvalue weighted by Gasteiger charge is -2.04. The summed E-state index contributed by atoms with van der Waals surface area (Å²) in [6, 6.07) is 7.19. The fourth-order valence-electron chi connectivity index (χ4n) is 1.79. The zero-order valence-electron chi connectivity index (χ0n) is 9.25. The minimum atomic E-state index is -3.84. The number of benzene rings is 2. The third-order valence-electron chi connectivity index (χ3n) is 2.63. The average molecular weight is 286 g/mol. The molecule has 0 N–H and O–H groups in total. The third-order valence-corrected chi connectivity index (χ3v) is 3.98. The fourth-order valence-corrected chi connectivity index (χ4v) is 2.58. The summed E-state index contributed by atoms with van der Waals surface area (Å²) < 4.78 is 22.4. The summed E-state index contributed by atoms with van der Waals surface area (Å²) in [5, 5.41) is 11.8. The molecule has 18 heavy (non-hydrogen) atoms. The highest BCUT2D eigenvalue weighted by Crippen LogP contribution is 2.31. The van der Waals surface area contributed by atoms with Crippen LogP contribution in [0.4, 0.5) is 5.69 Å². The van der Waals surface area contributed by atoms with Crippen molar-refractivity contribution in [3.8, 4) is 0 Å². The first-order chi connectivity index (χ1) is 8.30. The van der Waals surface area contributed by atoms with E-state index >= 15 is 0 Å². The Kier molecular flexibility index (Phi) is 3.00. The minimum absolute atomic E-state index is 0.0222. The Bertz CT molecular complexity index is 755. The Morgan fingerprint density at radius 1 is 1.22 bits per heavy atom. The molecule has 7 heteroatoms. The van der Waals surface area contributed by atoms with Gasteiger partial charge < -0.3 is 0 Å². The summed E-state index contributed by atoms with van der Waals surface area (Å²) in [6.45, 7) is 1.63. The number of nitro benzene ring substituents is 1. The van der Waals surface area contributed by atoms with Crippen LogP contribution in [0.1, 0.15) is 5.56 Å². The van der Waals surface area contributed by atoms with E-state index in [-0.39, 0.29) is 10.6 Å². The molecule has 0 unspecified atom stereocenters. The van der Waals surface area contributed by atoms with Gasteiger partial charge in [-0.3, -0.25) is 10.1 Å². The van der Waals surface area contributed by atoms with E-state index in [9.17, 15) is 18.5 Å². The van der Waals surface area contributed by atoms with E-state index in [1.807, 2.05) is 0 Å². The molecule has 2 aromatic rings. The van der Waals surface area contributed by atoms with Crippen molar-refractivity contribution in [1.82, 2.24) is 0 Å². The van der Waals surface area contributed by atoms with Gasteiger partial charge in [-0.25, -0.2) is 8.42 Å². The van der Waals surface area contributed by atoms with Crippen LogP contribution in [0.15, 0.2) is 35.2 Å². The van der Waals surface area contributed by atoms with E-state index in [0.29, 0.717) is 16.3 Å². The second-order valence-electron chi connectivity index (χ2n) is 3.81. The van der Waals surface area contributed by atoms with Gasteiger partial charge in [0, 0.05) is 16.2 Å². The molecule has 0 fully saturated rings. The predicted octanol–water partition coefficient (Wildman–Crippen LogP) is 2.98. The van der Waals surface area contributed by atoms with Gasteiger partial charge in [-0.15, -0.1) is 0 Å². The SMILES string of the molecule is Cc1ccc2cc(S(=O)(=O)Cl)ccc2c1[N+](=O)[O-]. The summed E-state index contributed by atoms with van der Waals surface area (Å²) in [7, 11) is 1.40. The molecule has 0 amide bonds. The second-order valence-corrected chi connectivity index (χ2v) is 6.37. The van der Waals surface area contributed by atoms with Crippen molar-refractivity contribution in [2.45, 2.75) is 11.8 Å². The number of fused-ring (bicyclic) bond motifs is 1. The Labute approximate surface area is 108 Å². The number of aryl methyl sites for hydroxylation is 1. The number of nitro groups is 1. The largest absolute Gasteiger partial charge is 0.280 e. The quantitative estimate of drug-likeness (QED) is 0.483. The van der Waals surface area contributed by atoms with E-state index < -0.39 is 14.0 Å². The Morgan fingerprint density at radius 3 is 2.44 bits per heavy atom. The summed E-state index contributed by atoms with van der Waals surface area (Å²) in [5.41, 5.74) is 0.500.